The van der Waals surface area contributed by atoms with Gasteiger partial charge in [0.15, 0.2) is 0 Å². The number of carbonyl (C=O) groups excluding carboxylic acids is 1. The summed E-state index contributed by atoms with van der Waals surface area (Å²) in [5.74, 6) is -1.69. The molecule has 26 heavy (non-hydrogen) atoms. The molecular weight excluding hydrogens is 352 g/mol. The number of allylic oxidation sites excluding steroid dienone is 2. The first-order chi connectivity index (χ1) is 12.5. The van der Waals surface area contributed by atoms with Crippen molar-refractivity contribution in [2.24, 2.45) is 23.7 Å². The summed E-state index contributed by atoms with van der Waals surface area (Å²) in [6, 6.07) is 5.86. The summed E-state index contributed by atoms with van der Waals surface area (Å²) in [5.41, 5.74) is 2.27. The molecule has 0 spiro atoms. The van der Waals surface area contributed by atoms with Gasteiger partial charge in [0.05, 0.1) is 11.8 Å². The van der Waals surface area contributed by atoms with E-state index in [0.29, 0.717) is 18.1 Å². The fraction of sp³-hybridized carbons (Fsp3) is 0.500. The average molecular weight is 375 g/mol. The first-order valence-corrected chi connectivity index (χ1v) is 9.54. The minimum atomic E-state index is -0.839. The predicted octanol–water partition coefficient (Wildman–Crippen LogP) is 2.82. The number of halogens is 1. The fourth-order valence-electron chi connectivity index (χ4n) is 4.80. The largest absolute Gasteiger partial charge is 0.481 e. The molecule has 1 aromatic rings. The van der Waals surface area contributed by atoms with Gasteiger partial charge in [0.2, 0.25) is 5.91 Å². The Hall–Kier alpha value is -2.01. The maximum Gasteiger partial charge on any atom is 0.307 e. The van der Waals surface area contributed by atoms with Crippen molar-refractivity contribution in [3.63, 3.8) is 0 Å². The Morgan fingerprint density at radius 3 is 2.38 bits per heavy atom. The lowest BCUT2D eigenvalue weighted by molar-refractivity contribution is -0.151. The Bertz CT molecular complexity index is 770. The van der Waals surface area contributed by atoms with Gasteiger partial charge in [0, 0.05) is 36.9 Å². The molecule has 2 aliphatic carbocycles. The molecule has 0 unspecified atom stereocenters. The fourth-order valence-corrected chi connectivity index (χ4v) is 4.96. The van der Waals surface area contributed by atoms with Gasteiger partial charge in [0.25, 0.3) is 0 Å². The van der Waals surface area contributed by atoms with Crippen LogP contribution < -0.4 is 4.90 Å². The van der Waals surface area contributed by atoms with E-state index >= 15 is 0 Å². The standard InChI is InChI=1S/C20H23ClN2O3/c1-12-2-5-15(21)11-16(12)22-6-8-23(9-7-22)19(24)17-13-3-4-14(10-13)18(17)20(25)26/h2-5,11,13-14,17-18H,6-10H2,1H3,(H,25,26)/t13-,14-,17-,18+/m1/s1. The van der Waals surface area contributed by atoms with Gasteiger partial charge in [-0.15, -0.1) is 0 Å². The molecule has 1 aromatic carbocycles. The Labute approximate surface area is 158 Å². The third-order valence-electron chi connectivity index (χ3n) is 6.13. The zero-order valence-corrected chi connectivity index (χ0v) is 15.5. The van der Waals surface area contributed by atoms with Crippen LogP contribution in [0.3, 0.4) is 0 Å². The van der Waals surface area contributed by atoms with Crippen molar-refractivity contribution in [2.75, 3.05) is 31.1 Å². The summed E-state index contributed by atoms with van der Waals surface area (Å²) in [6.07, 6.45) is 4.82. The quantitative estimate of drug-likeness (QED) is 0.826. The molecule has 2 fully saturated rings. The number of amides is 1. The van der Waals surface area contributed by atoms with E-state index in [1.807, 2.05) is 35.3 Å². The number of hydrogen-bond donors (Lipinski definition) is 1. The maximum absolute atomic E-state index is 13.1. The van der Waals surface area contributed by atoms with Crippen molar-refractivity contribution in [2.45, 2.75) is 13.3 Å². The van der Waals surface area contributed by atoms with Gasteiger partial charge in [-0.2, -0.15) is 0 Å². The lowest BCUT2D eigenvalue weighted by Gasteiger charge is -2.39. The monoisotopic (exact) mass is 374 g/mol. The van der Waals surface area contributed by atoms with Gasteiger partial charge in [-0.1, -0.05) is 29.8 Å². The highest BCUT2D eigenvalue weighted by Gasteiger charge is 2.52. The number of carboxylic acid groups (broad SMARTS) is 1. The van der Waals surface area contributed by atoms with Crippen molar-refractivity contribution < 1.29 is 14.7 Å². The third-order valence-corrected chi connectivity index (χ3v) is 6.37. The molecule has 138 valence electrons. The van der Waals surface area contributed by atoms with E-state index < -0.39 is 17.8 Å². The second-order valence-corrected chi connectivity index (χ2v) is 8.02. The molecule has 6 heteroatoms. The molecule has 0 aromatic heterocycles. The highest BCUT2D eigenvalue weighted by molar-refractivity contribution is 6.30. The Kier molecular flexibility index (Phi) is 4.43. The summed E-state index contributed by atoms with van der Waals surface area (Å²) in [4.78, 5) is 28.8. The summed E-state index contributed by atoms with van der Waals surface area (Å²) in [7, 11) is 0. The number of nitrogens with zero attached hydrogens (tertiary/aromatic N) is 2. The predicted molar refractivity (Wildman–Crippen MR) is 100 cm³/mol. The van der Waals surface area contributed by atoms with Gasteiger partial charge >= 0.3 is 5.97 Å². The summed E-state index contributed by atoms with van der Waals surface area (Å²) in [6.45, 7) is 4.77. The van der Waals surface area contributed by atoms with E-state index in [9.17, 15) is 14.7 Å². The van der Waals surface area contributed by atoms with Crippen LogP contribution in [-0.2, 0) is 9.59 Å². The number of rotatable bonds is 3. The van der Waals surface area contributed by atoms with E-state index in [4.69, 9.17) is 11.6 Å². The summed E-state index contributed by atoms with van der Waals surface area (Å²) in [5, 5.41) is 10.3. The van der Waals surface area contributed by atoms with Crippen LogP contribution >= 0.6 is 11.6 Å². The molecule has 1 heterocycles. The number of anilines is 1. The number of benzene rings is 1. The Balaban J connectivity index is 1.45. The van der Waals surface area contributed by atoms with Gasteiger partial charge < -0.3 is 14.9 Å². The number of carbonyl (C=O) groups is 2. The van der Waals surface area contributed by atoms with Gasteiger partial charge in [-0.3, -0.25) is 9.59 Å². The van der Waals surface area contributed by atoms with Crippen molar-refractivity contribution >= 4 is 29.2 Å². The number of hydrogen-bond acceptors (Lipinski definition) is 3. The Morgan fingerprint density at radius 1 is 1.08 bits per heavy atom. The molecule has 4 rings (SSSR count). The average Bonchev–Trinajstić information content (AvgIpc) is 3.24. The highest BCUT2D eigenvalue weighted by Crippen LogP contribution is 2.48. The van der Waals surface area contributed by atoms with Crippen LogP contribution in [0.1, 0.15) is 12.0 Å². The van der Waals surface area contributed by atoms with Crippen LogP contribution in [0.25, 0.3) is 0 Å². The molecule has 0 radical (unpaired) electrons. The minimum absolute atomic E-state index is 0.0108. The molecule has 4 atom stereocenters. The van der Waals surface area contributed by atoms with E-state index in [1.54, 1.807) is 0 Å². The first-order valence-electron chi connectivity index (χ1n) is 9.16. The highest BCUT2D eigenvalue weighted by atomic mass is 35.5. The normalized spacial score (nSPS) is 30.1. The van der Waals surface area contributed by atoms with Crippen LogP contribution in [0.4, 0.5) is 5.69 Å². The van der Waals surface area contributed by atoms with Crippen molar-refractivity contribution in [3.05, 3.63) is 40.9 Å². The van der Waals surface area contributed by atoms with Gasteiger partial charge in [-0.05, 0) is 42.9 Å². The van der Waals surface area contributed by atoms with Crippen molar-refractivity contribution in [1.82, 2.24) is 4.90 Å². The zero-order valence-electron chi connectivity index (χ0n) is 14.8. The lowest BCUT2D eigenvalue weighted by atomic mass is 9.82. The number of fused-ring (bicyclic) bond motifs is 2. The smallest absolute Gasteiger partial charge is 0.307 e. The second kappa shape index (κ2) is 6.62. The Morgan fingerprint density at radius 2 is 1.73 bits per heavy atom. The second-order valence-electron chi connectivity index (χ2n) is 7.58. The lowest BCUT2D eigenvalue weighted by Crippen LogP contribution is -2.52. The van der Waals surface area contributed by atoms with Gasteiger partial charge in [-0.25, -0.2) is 0 Å². The molecule has 2 bridgehead atoms. The molecule has 1 aliphatic heterocycles. The van der Waals surface area contributed by atoms with Crippen molar-refractivity contribution in [3.8, 4) is 0 Å². The molecule has 1 saturated carbocycles. The van der Waals surface area contributed by atoms with Crippen LogP contribution in [0.2, 0.25) is 5.02 Å². The van der Waals surface area contributed by atoms with E-state index in [-0.39, 0.29) is 17.7 Å². The number of carboxylic acids is 1. The molecule has 1 saturated heterocycles. The van der Waals surface area contributed by atoms with Crippen LogP contribution in [-0.4, -0.2) is 48.1 Å². The summed E-state index contributed by atoms with van der Waals surface area (Å²) < 4.78 is 0. The zero-order chi connectivity index (χ0) is 18.4. The number of piperazine rings is 1. The molecule has 3 aliphatic rings. The number of aryl methyl sites for hydroxylation is 1. The third kappa shape index (κ3) is 2.88. The van der Waals surface area contributed by atoms with E-state index in [0.717, 1.165) is 25.2 Å². The molecule has 5 nitrogen and oxygen atoms in total. The van der Waals surface area contributed by atoms with E-state index in [2.05, 4.69) is 11.8 Å². The van der Waals surface area contributed by atoms with Crippen LogP contribution in [0.15, 0.2) is 30.4 Å². The van der Waals surface area contributed by atoms with Crippen LogP contribution in [0.5, 0.6) is 0 Å². The number of aliphatic carboxylic acids is 1. The maximum atomic E-state index is 13.1. The first kappa shape index (κ1) is 17.4. The van der Waals surface area contributed by atoms with E-state index in [1.165, 1.54) is 5.56 Å². The minimum Gasteiger partial charge on any atom is -0.481 e. The molecular formula is C20H23ClN2O3. The molecule has 1 amide bonds. The molecule has 1 N–H and O–H groups in total. The summed E-state index contributed by atoms with van der Waals surface area (Å²) >= 11 is 6.13. The van der Waals surface area contributed by atoms with Crippen molar-refractivity contribution in [1.29, 1.82) is 0 Å². The van der Waals surface area contributed by atoms with Gasteiger partial charge in [0.1, 0.15) is 0 Å². The topological polar surface area (TPSA) is 60.9 Å². The SMILES string of the molecule is Cc1ccc(Cl)cc1N1CCN(C(=O)[C@H]2[C@@H](C(=O)O)[C@@H]3C=C[C@@H]2C3)CC1. The van der Waals surface area contributed by atoms with Crippen LogP contribution in [0, 0.1) is 30.6 Å².